The van der Waals surface area contributed by atoms with Crippen LogP contribution in [0.5, 0.6) is 0 Å². The Balaban J connectivity index is 2.59. The Kier molecular flexibility index (Phi) is 2.16. The maximum absolute atomic E-state index is 5.91. The highest BCUT2D eigenvalue weighted by molar-refractivity contribution is 6.32. The van der Waals surface area contributed by atoms with E-state index in [4.69, 9.17) is 23.2 Å². The maximum Gasteiger partial charge on any atom is 0.248 e. The van der Waals surface area contributed by atoms with Crippen LogP contribution in [-0.4, -0.2) is 20.2 Å². The fraction of sp³-hybridized carbons (Fsp3) is 0. The van der Waals surface area contributed by atoms with E-state index in [1.807, 2.05) is 12.1 Å². The van der Waals surface area contributed by atoms with Gasteiger partial charge in [-0.2, -0.15) is 4.68 Å². The molecule has 1 aromatic heterocycles. The molecule has 0 saturated heterocycles. The Morgan fingerprint density at radius 1 is 1.15 bits per heavy atom. The molecule has 0 radical (unpaired) electrons. The van der Waals surface area contributed by atoms with Crippen molar-refractivity contribution in [3.05, 3.63) is 34.6 Å². The van der Waals surface area contributed by atoms with Crippen molar-refractivity contribution in [3.63, 3.8) is 0 Å². The Morgan fingerprint density at radius 2 is 1.92 bits per heavy atom. The topological polar surface area (TPSA) is 43.6 Å². The van der Waals surface area contributed by atoms with Crippen molar-refractivity contribution >= 4 is 23.2 Å². The van der Waals surface area contributed by atoms with Crippen LogP contribution >= 0.6 is 23.2 Å². The lowest BCUT2D eigenvalue weighted by atomic mass is 10.3. The molecule has 1 heterocycles. The number of rotatable bonds is 1. The molecule has 4 nitrogen and oxygen atoms in total. The molecule has 0 unspecified atom stereocenters. The molecule has 0 atom stereocenters. The SMILES string of the molecule is Clc1ccccc1-n1nnnc1Cl. The average molecular weight is 215 g/mol. The van der Waals surface area contributed by atoms with Crippen LogP contribution in [0, 0.1) is 0 Å². The predicted octanol–water partition coefficient (Wildman–Crippen LogP) is 1.97. The van der Waals surface area contributed by atoms with Gasteiger partial charge in [-0.05, 0) is 34.2 Å². The van der Waals surface area contributed by atoms with Gasteiger partial charge >= 0.3 is 0 Å². The first-order chi connectivity index (χ1) is 6.29. The van der Waals surface area contributed by atoms with Crippen molar-refractivity contribution < 1.29 is 0 Å². The molecule has 0 aliphatic heterocycles. The number of nitrogens with zero attached hydrogens (tertiary/aromatic N) is 4. The Labute approximate surface area is 84.1 Å². The van der Waals surface area contributed by atoms with E-state index in [0.717, 1.165) is 0 Å². The number of hydrogen-bond acceptors (Lipinski definition) is 3. The van der Waals surface area contributed by atoms with E-state index in [2.05, 4.69) is 15.5 Å². The van der Waals surface area contributed by atoms with Crippen molar-refractivity contribution in [2.75, 3.05) is 0 Å². The molecule has 2 aromatic rings. The summed E-state index contributed by atoms with van der Waals surface area (Å²) in [5, 5.41) is 11.4. The number of para-hydroxylation sites is 1. The minimum atomic E-state index is 0.188. The zero-order valence-electron chi connectivity index (χ0n) is 6.35. The number of hydrogen-bond donors (Lipinski definition) is 0. The fourth-order valence-electron chi connectivity index (χ4n) is 0.947. The van der Waals surface area contributed by atoms with Crippen LogP contribution in [0.2, 0.25) is 10.3 Å². The quantitative estimate of drug-likeness (QED) is 0.730. The van der Waals surface area contributed by atoms with Crippen LogP contribution in [0.1, 0.15) is 0 Å². The van der Waals surface area contributed by atoms with Crippen molar-refractivity contribution in [1.29, 1.82) is 0 Å². The smallest absolute Gasteiger partial charge is 0.182 e. The van der Waals surface area contributed by atoms with Crippen LogP contribution in [0.3, 0.4) is 0 Å². The molecule has 66 valence electrons. The van der Waals surface area contributed by atoms with E-state index in [1.165, 1.54) is 4.68 Å². The summed E-state index contributed by atoms with van der Waals surface area (Å²) in [5.41, 5.74) is 0.666. The molecular weight excluding hydrogens is 211 g/mol. The number of tetrazole rings is 1. The standard InChI is InChI=1S/C7H4Cl2N4/c8-5-3-1-2-4-6(5)13-7(9)10-11-12-13/h1-4H. The normalized spacial score (nSPS) is 10.3. The Morgan fingerprint density at radius 3 is 2.54 bits per heavy atom. The third kappa shape index (κ3) is 1.50. The number of aromatic nitrogens is 4. The van der Waals surface area contributed by atoms with Gasteiger partial charge in [0.05, 0.1) is 10.7 Å². The maximum atomic E-state index is 5.91. The largest absolute Gasteiger partial charge is 0.248 e. The molecule has 0 amide bonds. The average Bonchev–Trinajstić information content (AvgIpc) is 2.52. The van der Waals surface area contributed by atoms with E-state index in [9.17, 15) is 0 Å². The summed E-state index contributed by atoms with van der Waals surface area (Å²) in [5.74, 6) is 0. The predicted molar refractivity (Wildman–Crippen MR) is 49.2 cm³/mol. The molecule has 0 spiro atoms. The van der Waals surface area contributed by atoms with Crippen molar-refractivity contribution in [1.82, 2.24) is 20.2 Å². The molecule has 0 fully saturated rings. The monoisotopic (exact) mass is 214 g/mol. The molecule has 0 aliphatic carbocycles. The highest BCUT2D eigenvalue weighted by atomic mass is 35.5. The lowest BCUT2D eigenvalue weighted by Crippen LogP contribution is -1.97. The summed E-state index contributed by atoms with van der Waals surface area (Å²) in [6, 6.07) is 7.18. The third-order valence-electron chi connectivity index (χ3n) is 1.51. The summed E-state index contributed by atoms with van der Waals surface area (Å²) in [4.78, 5) is 0. The first kappa shape index (κ1) is 8.47. The molecule has 1 aromatic carbocycles. The zero-order valence-corrected chi connectivity index (χ0v) is 7.87. The van der Waals surface area contributed by atoms with Gasteiger partial charge in [-0.3, -0.25) is 0 Å². The Bertz CT molecular complexity index is 426. The Hall–Kier alpha value is -1.13. The van der Waals surface area contributed by atoms with Crippen LogP contribution in [0.15, 0.2) is 24.3 Å². The highest BCUT2D eigenvalue weighted by Gasteiger charge is 2.07. The van der Waals surface area contributed by atoms with Crippen LogP contribution in [0.25, 0.3) is 5.69 Å². The van der Waals surface area contributed by atoms with Crippen molar-refractivity contribution in [3.8, 4) is 5.69 Å². The summed E-state index contributed by atoms with van der Waals surface area (Å²) in [7, 11) is 0. The van der Waals surface area contributed by atoms with E-state index in [1.54, 1.807) is 12.1 Å². The van der Waals surface area contributed by atoms with Crippen LogP contribution in [-0.2, 0) is 0 Å². The van der Waals surface area contributed by atoms with Gasteiger partial charge in [0.2, 0.25) is 5.28 Å². The molecule has 0 N–H and O–H groups in total. The van der Waals surface area contributed by atoms with Gasteiger partial charge < -0.3 is 0 Å². The highest BCUT2D eigenvalue weighted by Crippen LogP contribution is 2.20. The zero-order chi connectivity index (χ0) is 9.26. The molecule has 2 rings (SSSR count). The van der Waals surface area contributed by atoms with E-state index in [0.29, 0.717) is 10.7 Å². The van der Waals surface area contributed by atoms with E-state index >= 15 is 0 Å². The molecular formula is C7H4Cl2N4. The number of benzene rings is 1. The van der Waals surface area contributed by atoms with Gasteiger partial charge in [0, 0.05) is 0 Å². The summed E-state index contributed by atoms with van der Waals surface area (Å²) in [6.45, 7) is 0. The van der Waals surface area contributed by atoms with Gasteiger partial charge in [0.15, 0.2) is 0 Å². The van der Waals surface area contributed by atoms with Gasteiger partial charge in [0.1, 0.15) is 0 Å². The first-order valence-electron chi connectivity index (χ1n) is 3.48. The van der Waals surface area contributed by atoms with E-state index < -0.39 is 0 Å². The molecule has 0 bridgehead atoms. The fourth-order valence-corrected chi connectivity index (χ4v) is 1.32. The first-order valence-corrected chi connectivity index (χ1v) is 4.23. The summed E-state index contributed by atoms with van der Waals surface area (Å²) in [6.07, 6.45) is 0. The lowest BCUT2D eigenvalue weighted by Gasteiger charge is -2.01. The molecule has 13 heavy (non-hydrogen) atoms. The second-order valence-corrected chi connectivity index (χ2v) is 3.06. The summed E-state index contributed by atoms with van der Waals surface area (Å²) < 4.78 is 1.36. The minimum absolute atomic E-state index is 0.188. The van der Waals surface area contributed by atoms with E-state index in [-0.39, 0.29) is 5.28 Å². The molecule has 6 heteroatoms. The van der Waals surface area contributed by atoms with Crippen molar-refractivity contribution in [2.24, 2.45) is 0 Å². The van der Waals surface area contributed by atoms with Gasteiger partial charge in [-0.1, -0.05) is 28.8 Å². The second-order valence-electron chi connectivity index (χ2n) is 2.31. The molecule has 0 saturated carbocycles. The third-order valence-corrected chi connectivity index (χ3v) is 2.07. The minimum Gasteiger partial charge on any atom is -0.182 e. The lowest BCUT2D eigenvalue weighted by molar-refractivity contribution is 0.789. The van der Waals surface area contributed by atoms with Crippen LogP contribution < -0.4 is 0 Å². The van der Waals surface area contributed by atoms with Gasteiger partial charge in [-0.15, -0.1) is 0 Å². The number of halogens is 2. The molecule has 0 aliphatic rings. The summed E-state index contributed by atoms with van der Waals surface area (Å²) >= 11 is 11.6. The van der Waals surface area contributed by atoms with Crippen molar-refractivity contribution in [2.45, 2.75) is 0 Å². The van der Waals surface area contributed by atoms with Gasteiger partial charge in [-0.25, -0.2) is 0 Å². The van der Waals surface area contributed by atoms with Crippen LogP contribution in [0.4, 0.5) is 0 Å². The van der Waals surface area contributed by atoms with Gasteiger partial charge in [0.25, 0.3) is 0 Å². The second kappa shape index (κ2) is 3.32.